The molecule has 2 aliphatic heterocycles. The van der Waals surface area contributed by atoms with Crippen molar-refractivity contribution in [2.24, 2.45) is 0 Å². The second kappa shape index (κ2) is 9.23. The Kier molecular flexibility index (Phi) is 6.43. The molecule has 0 spiro atoms. The van der Waals surface area contributed by atoms with Gasteiger partial charge in [0.25, 0.3) is 5.91 Å². The fourth-order valence-electron chi connectivity index (χ4n) is 4.22. The molecule has 0 aliphatic carbocycles. The maximum absolute atomic E-state index is 13.1. The standard InChI is InChI=1S/C22H27N3O5S/c26-21(19-10-6-14-25(19)22(27)20-11-7-15-30-20)23-17-8-5-9-18(16-17)31(28,29)24-12-3-1-2-4-13-24/h5,7-9,11,15-16,19H,1-4,6,10,12-14H2,(H,23,26)/t19-/m0/s1. The number of carbonyl (C=O) groups excluding carboxylic acids is 2. The van der Waals surface area contributed by atoms with Gasteiger partial charge in [0.2, 0.25) is 15.9 Å². The number of hydrogen-bond donors (Lipinski definition) is 1. The van der Waals surface area contributed by atoms with E-state index in [4.69, 9.17) is 4.42 Å². The Balaban J connectivity index is 1.48. The first-order valence-corrected chi connectivity index (χ1v) is 12.2. The topological polar surface area (TPSA) is 99.9 Å². The maximum Gasteiger partial charge on any atom is 0.290 e. The van der Waals surface area contributed by atoms with Gasteiger partial charge in [-0.2, -0.15) is 4.31 Å². The van der Waals surface area contributed by atoms with Crippen molar-refractivity contribution in [3.63, 3.8) is 0 Å². The van der Waals surface area contributed by atoms with E-state index in [2.05, 4.69) is 5.32 Å². The van der Waals surface area contributed by atoms with Crippen LogP contribution < -0.4 is 5.32 Å². The van der Waals surface area contributed by atoms with Gasteiger partial charge in [-0.15, -0.1) is 0 Å². The summed E-state index contributed by atoms with van der Waals surface area (Å²) in [6, 6.07) is 8.92. The SMILES string of the molecule is O=C(Nc1cccc(S(=O)(=O)N2CCCCCC2)c1)[C@@H]1CCCN1C(=O)c1ccco1. The number of benzene rings is 1. The minimum Gasteiger partial charge on any atom is -0.459 e. The van der Waals surface area contributed by atoms with Crippen LogP contribution in [0.3, 0.4) is 0 Å². The van der Waals surface area contributed by atoms with Crippen LogP contribution in [-0.2, 0) is 14.8 Å². The minimum atomic E-state index is -3.61. The lowest BCUT2D eigenvalue weighted by Crippen LogP contribution is -2.43. The Morgan fingerprint density at radius 3 is 2.45 bits per heavy atom. The summed E-state index contributed by atoms with van der Waals surface area (Å²) in [5, 5.41) is 2.80. The number of hydrogen-bond acceptors (Lipinski definition) is 5. The first kappa shape index (κ1) is 21.6. The highest BCUT2D eigenvalue weighted by Gasteiger charge is 2.35. The van der Waals surface area contributed by atoms with Crippen LogP contribution in [0, 0.1) is 0 Å². The average molecular weight is 446 g/mol. The summed E-state index contributed by atoms with van der Waals surface area (Å²) in [5.41, 5.74) is 0.401. The van der Waals surface area contributed by atoms with E-state index in [9.17, 15) is 18.0 Å². The lowest BCUT2D eigenvalue weighted by molar-refractivity contribution is -0.119. The number of likely N-dealkylation sites (tertiary alicyclic amines) is 1. The third-order valence-corrected chi connectivity index (χ3v) is 7.75. The van der Waals surface area contributed by atoms with Crippen LogP contribution in [0.1, 0.15) is 49.1 Å². The van der Waals surface area contributed by atoms with Crippen molar-refractivity contribution in [2.75, 3.05) is 25.0 Å². The van der Waals surface area contributed by atoms with Gasteiger partial charge in [-0.05, 0) is 56.0 Å². The molecule has 3 heterocycles. The zero-order valence-corrected chi connectivity index (χ0v) is 18.1. The zero-order valence-electron chi connectivity index (χ0n) is 17.3. The molecular weight excluding hydrogens is 418 g/mol. The molecule has 9 heteroatoms. The van der Waals surface area contributed by atoms with Crippen molar-refractivity contribution in [1.82, 2.24) is 9.21 Å². The summed E-state index contributed by atoms with van der Waals surface area (Å²) in [4.78, 5) is 27.2. The second-order valence-electron chi connectivity index (χ2n) is 7.97. The number of rotatable bonds is 5. The number of amides is 2. The van der Waals surface area contributed by atoms with E-state index in [0.717, 1.165) is 25.7 Å². The van der Waals surface area contributed by atoms with Crippen LogP contribution in [0.4, 0.5) is 5.69 Å². The molecule has 2 saturated heterocycles. The van der Waals surface area contributed by atoms with Crippen molar-refractivity contribution in [1.29, 1.82) is 0 Å². The van der Waals surface area contributed by atoms with Crippen LogP contribution in [0.5, 0.6) is 0 Å². The van der Waals surface area contributed by atoms with Crippen molar-refractivity contribution >= 4 is 27.5 Å². The minimum absolute atomic E-state index is 0.169. The number of anilines is 1. The predicted octanol–water partition coefficient (Wildman–Crippen LogP) is 3.09. The Morgan fingerprint density at radius 1 is 0.968 bits per heavy atom. The number of nitrogens with one attached hydrogen (secondary N) is 1. The molecule has 0 unspecified atom stereocenters. The third-order valence-electron chi connectivity index (χ3n) is 5.85. The monoisotopic (exact) mass is 445 g/mol. The summed E-state index contributed by atoms with van der Waals surface area (Å²) >= 11 is 0. The molecule has 8 nitrogen and oxygen atoms in total. The normalized spacial score (nSPS) is 20.4. The lowest BCUT2D eigenvalue weighted by atomic mass is 10.2. The fraction of sp³-hybridized carbons (Fsp3) is 0.455. The van der Waals surface area contributed by atoms with Gasteiger partial charge in [0.1, 0.15) is 6.04 Å². The molecule has 1 aromatic heterocycles. The van der Waals surface area contributed by atoms with Gasteiger partial charge >= 0.3 is 0 Å². The van der Waals surface area contributed by atoms with Gasteiger partial charge in [0.05, 0.1) is 11.2 Å². The van der Waals surface area contributed by atoms with Gasteiger partial charge < -0.3 is 14.6 Å². The molecule has 0 saturated carbocycles. The van der Waals surface area contributed by atoms with Crippen molar-refractivity contribution in [3.8, 4) is 0 Å². The van der Waals surface area contributed by atoms with E-state index in [1.807, 2.05) is 0 Å². The van der Waals surface area contributed by atoms with E-state index in [1.54, 1.807) is 30.3 Å². The molecular formula is C22H27N3O5S. The summed E-state index contributed by atoms with van der Waals surface area (Å²) in [7, 11) is -3.61. The fourth-order valence-corrected chi connectivity index (χ4v) is 5.78. The molecule has 166 valence electrons. The molecule has 0 bridgehead atoms. The van der Waals surface area contributed by atoms with Gasteiger partial charge in [-0.25, -0.2) is 8.42 Å². The Hall–Kier alpha value is -2.65. The smallest absolute Gasteiger partial charge is 0.290 e. The molecule has 31 heavy (non-hydrogen) atoms. The molecule has 2 aromatic rings. The van der Waals surface area contributed by atoms with Crippen molar-refractivity contribution < 1.29 is 22.4 Å². The summed E-state index contributed by atoms with van der Waals surface area (Å²) < 4.78 is 32.8. The Morgan fingerprint density at radius 2 is 1.74 bits per heavy atom. The molecule has 1 atom stereocenters. The number of carbonyl (C=O) groups is 2. The number of furan rings is 1. The first-order chi connectivity index (χ1) is 15.0. The van der Waals surface area contributed by atoms with E-state index in [1.165, 1.54) is 21.5 Å². The predicted molar refractivity (Wildman–Crippen MR) is 115 cm³/mol. The molecule has 2 fully saturated rings. The van der Waals surface area contributed by atoms with Gasteiger partial charge in [-0.3, -0.25) is 9.59 Å². The third kappa shape index (κ3) is 4.67. The maximum atomic E-state index is 13.1. The Labute approximate surface area is 182 Å². The highest BCUT2D eigenvalue weighted by molar-refractivity contribution is 7.89. The summed E-state index contributed by atoms with van der Waals surface area (Å²) in [6.07, 6.45) is 6.48. The molecule has 1 aromatic carbocycles. The molecule has 2 amide bonds. The van der Waals surface area contributed by atoms with E-state index < -0.39 is 16.1 Å². The van der Waals surface area contributed by atoms with Crippen molar-refractivity contribution in [2.45, 2.75) is 49.5 Å². The largest absolute Gasteiger partial charge is 0.459 e. The van der Waals surface area contributed by atoms with Crippen LogP contribution >= 0.6 is 0 Å². The van der Waals surface area contributed by atoms with Crippen LogP contribution in [0.25, 0.3) is 0 Å². The highest BCUT2D eigenvalue weighted by atomic mass is 32.2. The van der Waals surface area contributed by atoms with E-state index in [0.29, 0.717) is 38.2 Å². The van der Waals surface area contributed by atoms with Gasteiger partial charge in [-0.1, -0.05) is 18.9 Å². The lowest BCUT2D eigenvalue weighted by Gasteiger charge is -2.23. The Bertz CT molecular complexity index is 1030. The zero-order chi connectivity index (χ0) is 21.8. The van der Waals surface area contributed by atoms with Gasteiger partial charge in [0, 0.05) is 25.3 Å². The van der Waals surface area contributed by atoms with Gasteiger partial charge in [0.15, 0.2) is 5.76 Å². The number of nitrogens with zero attached hydrogens (tertiary/aromatic N) is 2. The van der Waals surface area contributed by atoms with E-state index >= 15 is 0 Å². The molecule has 4 rings (SSSR count). The van der Waals surface area contributed by atoms with Crippen LogP contribution in [0.2, 0.25) is 0 Å². The van der Waals surface area contributed by atoms with Crippen molar-refractivity contribution in [3.05, 3.63) is 48.4 Å². The highest BCUT2D eigenvalue weighted by Crippen LogP contribution is 2.25. The average Bonchev–Trinajstić information content (AvgIpc) is 3.40. The summed E-state index contributed by atoms with van der Waals surface area (Å²) in [6.45, 7) is 1.51. The molecule has 0 radical (unpaired) electrons. The molecule has 2 aliphatic rings. The quantitative estimate of drug-likeness (QED) is 0.762. The van der Waals surface area contributed by atoms with E-state index in [-0.39, 0.29) is 22.5 Å². The first-order valence-electron chi connectivity index (χ1n) is 10.7. The summed E-state index contributed by atoms with van der Waals surface area (Å²) in [5.74, 6) is -0.452. The molecule has 1 N–H and O–H groups in total. The van der Waals surface area contributed by atoms with Crippen LogP contribution in [-0.4, -0.2) is 55.1 Å². The van der Waals surface area contributed by atoms with Crippen LogP contribution in [0.15, 0.2) is 52.0 Å². The number of sulfonamides is 1. The second-order valence-corrected chi connectivity index (χ2v) is 9.91.